The zero-order chi connectivity index (χ0) is 43.7. The number of nitrogens with one attached hydrogen (secondary N) is 4. The number of aromatic amines is 2. The molecule has 3 fully saturated rings. The minimum atomic E-state index is -3.28. The van der Waals surface area contributed by atoms with Gasteiger partial charge in [0.05, 0.1) is 49.7 Å². The number of nitrogens with zero attached hydrogens (tertiary/aromatic N) is 4. The van der Waals surface area contributed by atoms with E-state index >= 15 is 8.78 Å². The molecule has 3 heterocycles. The van der Waals surface area contributed by atoms with E-state index < -0.39 is 24.2 Å². The Kier molecular flexibility index (Phi) is 10.3. The van der Waals surface area contributed by atoms with Gasteiger partial charge in [0.25, 0.3) is 5.92 Å². The second-order valence-electron chi connectivity index (χ2n) is 17.9. The molecule has 0 spiro atoms. The van der Waals surface area contributed by atoms with Gasteiger partial charge in [-0.3, -0.25) is 9.59 Å². The normalized spacial score (nSPS) is 20.5. The van der Waals surface area contributed by atoms with Crippen molar-refractivity contribution in [3.8, 4) is 33.5 Å². The summed E-state index contributed by atoms with van der Waals surface area (Å²) in [6.07, 6.45) is 4.94. The molecule has 1 aliphatic heterocycles. The zero-order valence-electron chi connectivity index (χ0n) is 35.3. The van der Waals surface area contributed by atoms with Gasteiger partial charge in [0.2, 0.25) is 11.8 Å². The molecule has 1 saturated heterocycles. The number of H-pyrrole nitrogens is 2. The van der Waals surface area contributed by atoms with Crippen LogP contribution in [0.2, 0.25) is 0 Å². The summed E-state index contributed by atoms with van der Waals surface area (Å²) in [6.45, 7) is 6.29. The van der Waals surface area contributed by atoms with Crippen molar-refractivity contribution in [1.82, 2.24) is 40.4 Å². The predicted octanol–water partition coefficient (Wildman–Crippen LogP) is 7.66. The number of methoxy groups -OCH3 is 2. The van der Waals surface area contributed by atoms with Crippen LogP contribution in [0.15, 0.2) is 60.8 Å². The summed E-state index contributed by atoms with van der Waals surface area (Å²) in [5.74, 6) is -2.53. The van der Waals surface area contributed by atoms with Crippen molar-refractivity contribution in [3.05, 3.63) is 83.6 Å². The number of hydrogen-bond donors (Lipinski definition) is 4. The molecule has 4 aliphatic rings. The average Bonchev–Trinajstić information content (AvgIpc) is 3.84. The molecule has 5 aromatic rings. The molecule has 4 N–H and O–H groups in total. The van der Waals surface area contributed by atoms with Crippen LogP contribution in [0.4, 0.5) is 18.4 Å². The zero-order valence-corrected chi connectivity index (χ0v) is 35.3. The fourth-order valence-corrected chi connectivity index (χ4v) is 9.64. The van der Waals surface area contributed by atoms with Crippen LogP contribution in [-0.2, 0) is 31.5 Å². The first-order valence-electron chi connectivity index (χ1n) is 21.1. The number of carbonyl (C=O) groups excluding carboxylic acids is 4. The van der Waals surface area contributed by atoms with Crippen LogP contribution in [0.3, 0.4) is 0 Å². The molecule has 3 aromatic carbocycles. The minimum Gasteiger partial charge on any atom is -0.453 e. The maximum absolute atomic E-state index is 16.5. The molecule has 4 atom stereocenters. The van der Waals surface area contributed by atoms with Gasteiger partial charge in [0.1, 0.15) is 24.2 Å². The number of alkyl halides is 2. The summed E-state index contributed by atoms with van der Waals surface area (Å²) in [6, 6.07) is 14.8. The van der Waals surface area contributed by atoms with Crippen molar-refractivity contribution in [2.45, 2.75) is 83.5 Å². The van der Waals surface area contributed by atoms with E-state index in [1.165, 1.54) is 20.3 Å². The van der Waals surface area contributed by atoms with Gasteiger partial charge in [0.15, 0.2) is 0 Å². The van der Waals surface area contributed by atoms with E-state index in [9.17, 15) is 19.2 Å². The number of benzene rings is 3. The Morgan fingerprint density at radius 3 is 2.29 bits per heavy atom. The van der Waals surface area contributed by atoms with Crippen LogP contribution < -0.4 is 10.6 Å². The fourth-order valence-electron chi connectivity index (χ4n) is 9.64. The van der Waals surface area contributed by atoms with Crippen molar-refractivity contribution < 1.29 is 37.4 Å². The van der Waals surface area contributed by atoms with Gasteiger partial charge in [-0.25, -0.2) is 19.6 Å². The number of hydrogen-bond acceptors (Lipinski definition) is 8. The van der Waals surface area contributed by atoms with E-state index in [0.29, 0.717) is 51.7 Å². The number of ether oxygens (including phenoxy) is 2. The average molecular weight is 849 g/mol. The molecule has 4 amide bonds. The van der Waals surface area contributed by atoms with Crippen LogP contribution >= 0.6 is 0 Å². The van der Waals surface area contributed by atoms with Gasteiger partial charge in [-0.05, 0) is 95.9 Å². The third-order valence-electron chi connectivity index (χ3n) is 13.2. The molecule has 2 saturated carbocycles. The Labute approximate surface area is 357 Å². The highest BCUT2D eigenvalue weighted by molar-refractivity contribution is 5.88. The summed E-state index contributed by atoms with van der Waals surface area (Å²) in [5, 5.41) is 5.17. The molecule has 3 aliphatic carbocycles. The molecule has 2 bridgehead atoms. The molecule has 62 heavy (non-hydrogen) atoms. The standard InChI is InChI=1S/C46H50F2N8O6/c1-24(2)39(54-44(60)62-5)42(58)55(23-45(3)14-15-45)22-37-49-20-36(51-37)27-8-12-31-30-11-7-25(17-32(30)46(47,48)33(31)18-27)26-9-13-34-35(19-26)53-41(52-34)40-28-6-10-29(16-28)56(40)38(57)21-50-43(59)61-4/h7-9,11-13,17-20,24,28-29,39-40H,6,10,14-16,21-23H2,1-5H3,(H,49,51)(H,50,59)(H,52,53)(H,54,60). The SMILES string of the molecule is COC(=O)NCC(=O)N1C2CCC(C2)C1c1nc2ccc(-c3ccc4c(c3)C(F)(F)c3cc(-c5cnc(CN(CC6(C)CC6)C(=O)C(NC(=O)OC)C(C)C)[nH]5)ccc3-4)cc2[nH]1. The fraction of sp³-hybridized carbons (Fsp3) is 0.435. The monoisotopic (exact) mass is 848 g/mol. The Hall–Kier alpha value is -6.32. The van der Waals surface area contributed by atoms with Crippen LogP contribution in [0.1, 0.15) is 81.7 Å². The van der Waals surface area contributed by atoms with Gasteiger partial charge in [0, 0.05) is 29.3 Å². The number of aromatic nitrogens is 4. The van der Waals surface area contributed by atoms with Crippen LogP contribution in [-0.4, -0.2) is 93.1 Å². The van der Waals surface area contributed by atoms with E-state index in [1.54, 1.807) is 35.4 Å². The Balaban J connectivity index is 0.939. The third kappa shape index (κ3) is 7.42. The number of imidazole rings is 2. The van der Waals surface area contributed by atoms with Gasteiger partial charge < -0.3 is 39.9 Å². The maximum Gasteiger partial charge on any atom is 0.407 e. The molecule has 4 unspecified atom stereocenters. The Bertz CT molecular complexity index is 2600. The smallest absolute Gasteiger partial charge is 0.407 e. The lowest BCUT2D eigenvalue weighted by Crippen LogP contribution is -2.52. The number of fused-ring (bicyclic) bond motifs is 6. The Morgan fingerprint density at radius 2 is 1.60 bits per heavy atom. The van der Waals surface area contributed by atoms with Crippen molar-refractivity contribution in [3.63, 3.8) is 0 Å². The topological polar surface area (TPSA) is 175 Å². The minimum absolute atomic E-state index is 0.0266. The first-order valence-corrected chi connectivity index (χ1v) is 21.1. The number of alkyl carbamates (subject to hydrolysis) is 2. The van der Waals surface area contributed by atoms with Crippen molar-refractivity contribution >= 4 is 35.0 Å². The number of amides is 4. The first-order chi connectivity index (χ1) is 29.7. The van der Waals surface area contributed by atoms with Crippen molar-refractivity contribution in [2.24, 2.45) is 17.3 Å². The number of halogens is 2. The molecule has 324 valence electrons. The summed E-state index contributed by atoms with van der Waals surface area (Å²) in [5.41, 5.74) is 4.55. The molecule has 9 rings (SSSR count). The van der Waals surface area contributed by atoms with Crippen LogP contribution in [0.25, 0.3) is 44.5 Å². The van der Waals surface area contributed by atoms with Crippen LogP contribution in [0, 0.1) is 17.3 Å². The van der Waals surface area contributed by atoms with E-state index in [0.717, 1.165) is 43.2 Å². The summed E-state index contributed by atoms with van der Waals surface area (Å²) in [4.78, 5) is 70.6. The van der Waals surface area contributed by atoms with Gasteiger partial charge in [-0.2, -0.15) is 8.78 Å². The van der Waals surface area contributed by atoms with E-state index in [1.807, 2.05) is 43.0 Å². The second kappa shape index (κ2) is 15.5. The molecule has 0 radical (unpaired) electrons. The Morgan fingerprint density at radius 1 is 0.919 bits per heavy atom. The highest BCUT2D eigenvalue weighted by Gasteiger charge is 2.50. The first kappa shape index (κ1) is 41.1. The largest absolute Gasteiger partial charge is 0.453 e. The van der Waals surface area contributed by atoms with Gasteiger partial charge in [-0.1, -0.05) is 51.1 Å². The van der Waals surface area contributed by atoms with Gasteiger partial charge in [-0.15, -0.1) is 0 Å². The number of likely N-dealkylation sites (tertiary alicyclic amines) is 1. The quantitative estimate of drug-likeness (QED) is 0.0991. The van der Waals surface area contributed by atoms with E-state index in [2.05, 4.69) is 37.2 Å². The molecule has 14 nitrogen and oxygen atoms in total. The lowest BCUT2D eigenvalue weighted by Gasteiger charge is -2.34. The lowest BCUT2D eigenvalue weighted by molar-refractivity contribution is -0.136. The molecular formula is C46H50F2N8O6. The van der Waals surface area contributed by atoms with E-state index in [4.69, 9.17) is 9.72 Å². The number of rotatable bonds is 12. The molecular weight excluding hydrogens is 799 g/mol. The molecule has 16 heteroatoms. The highest BCUT2D eigenvalue weighted by atomic mass is 19.3. The van der Waals surface area contributed by atoms with Crippen molar-refractivity contribution in [1.29, 1.82) is 0 Å². The summed E-state index contributed by atoms with van der Waals surface area (Å²) >= 11 is 0. The molecule has 2 aromatic heterocycles. The number of piperidine rings is 1. The number of carbonyl (C=O) groups is 4. The highest BCUT2D eigenvalue weighted by Crippen LogP contribution is 2.53. The second-order valence-corrected chi connectivity index (χ2v) is 17.9. The van der Waals surface area contributed by atoms with Crippen molar-refractivity contribution in [2.75, 3.05) is 27.3 Å². The van der Waals surface area contributed by atoms with Crippen LogP contribution in [0.5, 0.6) is 0 Å². The van der Waals surface area contributed by atoms with E-state index in [-0.39, 0.29) is 65.4 Å². The lowest BCUT2D eigenvalue weighted by atomic mass is 9.98. The predicted molar refractivity (Wildman–Crippen MR) is 226 cm³/mol. The third-order valence-corrected chi connectivity index (χ3v) is 13.2. The van der Waals surface area contributed by atoms with Gasteiger partial charge >= 0.3 is 12.2 Å². The summed E-state index contributed by atoms with van der Waals surface area (Å²) < 4.78 is 42.5. The summed E-state index contributed by atoms with van der Waals surface area (Å²) in [7, 11) is 2.51. The maximum atomic E-state index is 16.5.